The molecule has 22 heavy (non-hydrogen) atoms. The third-order valence-corrected chi connectivity index (χ3v) is 3.90. The number of benzene rings is 1. The van der Waals surface area contributed by atoms with Crippen LogP contribution in [0.2, 0.25) is 0 Å². The maximum Gasteiger partial charge on any atom is 0.227 e. The van der Waals surface area contributed by atoms with Gasteiger partial charge in [-0.1, -0.05) is 18.1 Å². The Morgan fingerprint density at radius 3 is 2.77 bits per heavy atom. The van der Waals surface area contributed by atoms with E-state index in [4.69, 9.17) is 10.8 Å². The van der Waals surface area contributed by atoms with Crippen molar-refractivity contribution in [2.75, 3.05) is 6.54 Å². The van der Waals surface area contributed by atoms with E-state index in [0.717, 1.165) is 17.7 Å². The van der Waals surface area contributed by atoms with Crippen LogP contribution in [-0.4, -0.2) is 17.4 Å². The molecular formula is C18H16FNO2. The number of terminal acetylenes is 1. The minimum Gasteiger partial charge on any atom is -0.469 e. The number of furan rings is 1. The molecule has 2 unspecified atom stereocenters. The average molecular weight is 297 g/mol. The zero-order chi connectivity index (χ0) is 15.5. The highest BCUT2D eigenvalue weighted by molar-refractivity contribution is 5.83. The molecule has 0 bridgehead atoms. The molecule has 1 aromatic heterocycles. The Kier molecular flexibility index (Phi) is 3.97. The summed E-state index contributed by atoms with van der Waals surface area (Å²) < 4.78 is 18.3. The summed E-state index contributed by atoms with van der Waals surface area (Å²) >= 11 is 0. The topological polar surface area (TPSA) is 33.5 Å². The molecule has 1 fully saturated rings. The molecule has 1 aromatic carbocycles. The number of rotatable bonds is 5. The summed E-state index contributed by atoms with van der Waals surface area (Å²) in [4.78, 5) is 14.2. The Morgan fingerprint density at radius 2 is 2.14 bits per heavy atom. The molecule has 2 aromatic rings. The second-order valence-electron chi connectivity index (χ2n) is 5.49. The van der Waals surface area contributed by atoms with Crippen molar-refractivity contribution in [3.63, 3.8) is 0 Å². The Balaban J connectivity index is 1.67. The van der Waals surface area contributed by atoms with Crippen LogP contribution in [-0.2, 0) is 11.3 Å². The summed E-state index contributed by atoms with van der Waals surface area (Å²) in [6.45, 7) is 0.641. The molecule has 1 amide bonds. The number of carbonyl (C=O) groups excluding carboxylic acids is 1. The van der Waals surface area contributed by atoms with E-state index in [1.54, 1.807) is 23.3 Å². The van der Waals surface area contributed by atoms with Gasteiger partial charge in [-0.3, -0.25) is 4.79 Å². The number of nitrogens with zero attached hydrogens (tertiary/aromatic N) is 1. The Bertz CT molecular complexity index is 685. The number of halogens is 1. The molecule has 0 aliphatic heterocycles. The van der Waals surface area contributed by atoms with Crippen LogP contribution in [0.4, 0.5) is 4.39 Å². The number of carbonyl (C=O) groups is 1. The highest BCUT2D eigenvalue weighted by Gasteiger charge is 2.47. The van der Waals surface area contributed by atoms with Crippen molar-refractivity contribution < 1.29 is 13.6 Å². The van der Waals surface area contributed by atoms with Crippen LogP contribution < -0.4 is 0 Å². The Labute approximate surface area is 128 Å². The van der Waals surface area contributed by atoms with Crippen LogP contribution in [0.5, 0.6) is 0 Å². The molecule has 1 heterocycles. The van der Waals surface area contributed by atoms with Gasteiger partial charge in [0, 0.05) is 18.4 Å². The number of hydrogen-bond acceptors (Lipinski definition) is 2. The molecule has 0 N–H and O–H groups in total. The summed E-state index contributed by atoms with van der Waals surface area (Å²) in [6.07, 6.45) is 7.78. The molecule has 112 valence electrons. The van der Waals surface area contributed by atoms with Crippen LogP contribution in [0.15, 0.2) is 47.1 Å². The second-order valence-corrected chi connectivity index (χ2v) is 5.49. The third kappa shape index (κ3) is 3.04. The predicted molar refractivity (Wildman–Crippen MR) is 80.2 cm³/mol. The minimum atomic E-state index is -0.293. The molecule has 1 aliphatic carbocycles. The first-order chi connectivity index (χ1) is 10.7. The fourth-order valence-electron chi connectivity index (χ4n) is 2.65. The molecule has 3 rings (SSSR count). The van der Waals surface area contributed by atoms with Gasteiger partial charge < -0.3 is 9.32 Å². The average Bonchev–Trinajstić information content (AvgIpc) is 3.13. The summed E-state index contributed by atoms with van der Waals surface area (Å²) in [5.41, 5.74) is 0.861. The first-order valence-electron chi connectivity index (χ1n) is 7.19. The fourth-order valence-corrected chi connectivity index (χ4v) is 2.65. The Hall–Kier alpha value is -2.54. The summed E-state index contributed by atoms with van der Waals surface area (Å²) in [5.74, 6) is 3.19. The summed E-state index contributed by atoms with van der Waals surface area (Å²) in [5, 5.41) is 0. The lowest BCUT2D eigenvalue weighted by atomic mass is 10.2. The lowest BCUT2D eigenvalue weighted by Crippen LogP contribution is -2.32. The van der Waals surface area contributed by atoms with Gasteiger partial charge in [0.2, 0.25) is 5.91 Å². The standard InChI is InChI=1S/C18H16FNO2/c1-2-9-20(12-13-5-7-14(19)8-6-13)18(21)16-11-15(16)17-4-3-10-22-17/h1,3-8,10,15-16H,9,11-12H2. The highest BCUT2D eigenvalue weighted by Crippen LogP contribution is 2.48. The summed E-state index contributed by atoms with van der Waals surface area (Å²) in [7, 11) is 0. The smallest absolute Gasteiger partial charge is 0.227 e. The van der Waals surface area contributed by atoms with E-state index >= 15 is 0 Å². The number of hydrogen-bond donors (Lipinski definition) is 0. The van der Waals surface area contributed by atoms with Gasteiger partial charge in [-0.25, -0.2) is 4.39 Å². The van der Waals surface area contributed by atoms with E-state index in [2.05, 4.69) is 5.92 Å². The van der Waals surface area contributed by atoms with Gasteiger partial charge in [0.25, 0.3) is 0 Å². The van der Waals surface area contributed by atoms with Crippen LogP contribution >= 0.6 is 0 Å². The van der Waals surface area contributed by atoms with Gasteiger partial charge in [0.05, 0.1) is 12.8 Å². The van der Waals surface area contributed by atoms with Crippen molar-refractivity contribution in [1.29, 1.82) is 0 Å². The van der Waals surface area contributed by atoms with Crippen molar-refractivity contribution in [1.82, 2.24) is 4.90 Å². The zero-order valence-corrected chi connectivity index (χ0v) is 12.0. The van der Waals surface area contributed by atoms with Crippen molar-refractivity contribution in [3.8, 4) is 12.3 Å². The summed E-state index contributed by atoms with van der Waals surface area (Å²) in [6, 6.07) is 9.83. The van der Waals surface area contributed by atoms with Gasteiger partial charge in [-0.05, 0) is 36.2 Å². The fraction of sp³-hybridized carbons (Fsp3) is 0.278. The van der Waals surface area contributed by atoms with Crippen molar-refractivity contribution >= 4 is 5.91 Å². The molecule has 2 atom stereocenters. The van der Waals surface area contributed by atoms with E-state index in [-0.39, 0.29) is 30.1 Å². The van der Waals surface area contributed by atoms with Crippen LogP contribution in [0.3, 0.4) is 0 Å². The van der Waals surface area contributed by atoms with E-state index < -0.39 is 0 Å². The van der Waals surface area contributed by atoms with Gasteiger partial charge in [0.1, 0.15) is 11.6 Å². The molecule has 0 radical (unpaired) electrons. The maximum absolute atomic E-state index is 13.0. The second kappa shape index (κ2) is 6.07. The first-order valence-corrected chi connectivity index (χ1v) is 7.19. The van der Waals surface area contributed by atoms with Crippen molar-refractivity contribution in [3.05, 3.63) is 59.8 Å². The highest BCUT2D eigenvalue weighted by atomic mass is 19.1. The van der Waals surface area contributed by atoms with Gasteiger partial charge in [-0.15, -0.1) is 6.42 Å². The van der Waals surface area contributed by atoms with Crippen molar-refractivity contribution in [2.45, 2.75) is 18.9 Å². The SMILES string of the molecule is C#CCN(Cc1ccc(F)cc1)C(=O)C1CC1c1ccco1. The Morgan fingerprint density at radius 1 is 1.36 bits per heavy atom. The van der Waals surface area contributed by atoms with E-state index in [1.807, 2.05) is 12.1 Å². The van der Waals surface area contributed by atoms with Gasteiger partial charge >= 0.3 is 0 Å². The number of amides is 1. The van der Waals surface area contributed by atoms with Gasteiger partial charge in [0.15, 0.2) is 0 Å². The van der Waals surface area contributed by atoms with Crippen LogP contribution in [0, 0.1) is 24.1 Å². The van der Waals surface area contributed by atoms with E-state index in [0.29, 0.717) is 6.54 Å². The monoisotopic (exact) mass is 297 g/mol. The maximum atomic E-state index is 13.0. The molecule has 1 saturated carbocycles. The lowest BCUT2D eigenvalue weighted by Gasteiger charge is -2.20. The minimum absolute atomic E-state index is 0.0312. The van der Waals surface area contributed by atoms with Crippen molar-refractivity contribution in [2.24, 2.45) is 5.92 Å². The van der Waals surface area contributed by atoms with Gasteiger partial charge in [-0.2, -0.15) is 0 Å². The zero-order valence-electron chi connectivity index (χ0n) is 12.0. The molecule has 3 nitrogen and oxygen atoms in total. The molecule has 1 aliphatic rings. The molecular weight excluding hydrogens is 281 g/mol. The largest absolute Gasteiger partial charge is 0.469 e. The molecule has 4 heteroatoms. The third-order valence-electron chi connectivity index (χ3n) is 3.90. The quantitative estimate of drug-likeness (QED) is 0.794. The predicted octanol–water partition coefficient (Wildman–Crippen LogP) is 3.18. The lowest BCUT2D eigenvalue weighted by molar-refractivity contribution is -0.132. The van der Waals surface area contributed by atoms with Crippen LogP contribution in [0.1, 0.15) is 23.7 Å². The van der Waals surface area contributed by atoms with Crippen LogP contribution in [0.25, 0.3) is 0 Å². The molecule has 0 saturated heterocycles. The van der Waals surface area contributed by atoms with E-state index in [1.165, 1.54) is 12.1 Å². The van der Waals surface area contributed by atoms with E-state index in [9.17, 15) is 9.18 Å². The normalized spacial score (nSPS) is 19.5. The molecule has 0 spiro atoms. The first kappa shape index (κ1) is 14.4.